The number of alkyl halides is 3. The minimum absolute atomic E-state index is 0.0294. The minimum Gasteiger partial charge on any atom is -0.242 e. The summed E-state index contributed by atoms with van der Waals surface area (Å²) in [7, 11) is 0.578. The Labute approximate surface area is 132 Å². The van der Waals surface area contributed by atoms with Gasteiger partial charge in [-0.3, -0.25) is 0 Å². The van der Waals surface area contributed by atoms with Crippen molar-refractivity contribution in [1.29, 1.82) is 0 Å². The zero-order chi connectivity index (χ0) is 16.9. The summed E-state index contributed by atoms with van der Waals surface area (Å²) in [5.41, 5.74) is 0.969. The van der Waals surface area contributed by atoms with Crippen LogP contribution in [0.15, 0.2) is 18.2 Å². The molecule has 0 fully saturated rings. The lowest BCUT2D eigenvalue weighted by Gasteiger charge is -2.30. The van der Waals surface area contributed by atoms with Crippen molar-refractivity contribution < 1.29 is 17.4 Å². The lowest BCUT2D eigenvalue weighted by atomic mass is 10.0. The normalized spacial score (nSPS) is 23.7. The molecular weight excluding hydrogens is 311 g/mol. The molecule has 3 atom stereocenters. The van der Waals surface area contributed by atoms with E-state index in [9.17, 15) is 17.4 Å². The van der Waals surface area contributed by atoms with E-state index < -0.39 is 27.5 Å². The van der Waals surface area contributed by atoms with Crippen LogP contribution in [0.3, 0.4) is 0 Å². The van der Waals surface area contributed by atoms with Gasteiger partial charge >= 0.3 is 6.18 Å². The van der Waals surface area contributed by atoms with Gasteiger partial charge in [-0.2, -0.15) is 13.2 Å². The molecule has 0 radical (unpaired) electrons. The Kier molecular flexibility index (Phi) is 4.48. The molecule has 0 spiro atoms. The molecule has 0 saturated heterocycles. The van der Waals surface area contributed by atoms with E-state index in [1.54, 1.807) is 17.4 Å². The van der Waals surface area contributed by atoms with E-state index in [1.165, 1.54) is 6.07 Å². The minimum atomic E-state index is -4.33. The second-order valence-corrected chi connectivity index (χ2v) is 9.20. The number of fused-ring (bicyclic) bond motifs is 1. The van der Waals surface area contributed by atoms with Crippen LogP contribution in [0.2, 0.25) is 0 Å². The zero-order valence-electron chi connectivity index (χ0n) is 13.5. The molecule has 6 heteroatoms. The molecule has 1 aliphatic rings. The smallest absolute Gasteiger partial charge is 0.242 e. The third-order valence-electron chi connectivity index (χ3n) is 4.11. The van der Waals surface area contributed by atoms with E-state index in [0.717, 1.165) is 17.2 Å². The molecule has 0 unspecified atom stereocenters. The largest absolute Gasteiger partial charge is 0.416 e. The average Bonchev–Trinajstić information content (AvgIpc) is 2.72. The van der Waals surface area contributed by atoms with Crippen molar-refractivity contribution in [1.82, 2.24) is 4.31 Å². The summed E-state index contributed by atoms with van der Waals surface area (Å²) in [4.78, 5) is 0. The van der Waals surface area contributed by atoms with Crippen molar-refractivity contribution in [2.45, 2.75) is 57.0 Å². The SMILES string of the molecule is C[C@@H]1C[C@@H](N(C)[S@](=O)C(C)(C)C)c2ccc(C(F)(F)F)cc21. The molecule has 22 heavy (non-hydrogen) atoms. The fraction of sp³-hybridized carbons (Fsp3) is 0.625. The van der Waals surface area contributed by atoms with Gasteiger partial charge in [-0.25, -0.2) is 8.51 Å². The van der Waals surface area contributed by atoms with Gasteiger partial charge < -0.3 is 0 Å². The first-order valence-corrected chi connectivity index (χ1v) is 8.39. The monoisotopic (exact) mass is 333 g/mol. The van der Waals surface area contributed by atoms with Gasteiger partial charge in [0.05, 0.1) is 10.3 Å². The molecule has 0 saturated carbocycles. The third-order valence-corrected chi connectivity index (χ3v) is 5.93. The van der Waals surface area contributed by atoms with Gasteiger partial charge in [0.1, 0.15) is 11.0 Å². The highest BCUT2D eigenvalue weighted by Gasteiger charge is 2.38. The molecule has 0 heterocycles. The first kappa shape index (κ1) is 17.5. The maximum Gasteiger partial charge on any atom is 0.416 e. The number of halogens is 3. The summed E-state index contributed by atoms with van der Waals surface area (Å²) in [6, 6.07) is 3.81. The van der Waals surface area contributed by atoms with E-state index >= 15 is 0 Å². The molecule has 1 aromatic carbocycles. The van der Waals surface area contributed by atoms with Gasteiger partial charge in [-0.1, -0.05) is 13.0 Å². The van der Waals surface area contributed by atoms with Crippen LogP contribution in [0.1, 0.15) is 62.8 Å². The molecule has 124 valence electrons. The highest BCUT2D eigenvalue weighted by Crippen LogP contribution is 2.45. The summed E-state index contributed by atoms with van der Waals surface area (Å²) in [6.45, 7) is 7.61. The first-order valence-electron chi connectivity index (χ1n) is 7.28. The molecule has 1 aliphatic carbocycles. The van der Waals surface area contributed by atoms with Crippen LogP contribution in [0.4, 0.5) is 13.2 Å². The molecular formula is C16H22F3NOS. The second-order valence-electron chi connectivity index (χ2n) is 6.90. The Hall–Kier alpha value is -0.880. The number of nitrogens with zero attached hydrogens (tertiary/aromatic N) is 1. The zero-order valence-corrected chi connectivity index (χ0v) is 14.3. The molecule has 0 aliphatic heterocycles. The van der Waals surface area contributed by atoms with Crippen LogP contribution in [0, 0.1) is 0 Å². The van der Waals surface area contributed by atoms with Crippen LogP contribution < -0.4 is 0 Å². The Bertz CT molecular complexity index is 592. The second kappa shape index (κ2) is 5.64. The van der Waals surface area contributed by atoms with Gasteiger partial charge in [-0.15, -0.1) is 0 Å². The van der Waals surface area contributed by atoms with Crippen molar-refractivity contribution in [3.05, 3.63) is 34.9 Å². The Balaban J connectivity index is 2.37. The number of benzene rings is 1. The Morgan fingerprint density at radius 1 is 1.18 bits per heavy atom. The van der Waals surface area contributed by atoms with Crippen LogP contribution in [-0.2, 0) is 17.2 Å². The van der Waals surface area contributed by atoms with Crippen LogP contribution in [0.5, 0.6) is 0 Å². The van der Waals surface area contributed by atoms with E-state index in [1.807, 2.05) is 27.7 Å². The van der Waals surface area contributed by atoms with Crippen molar-refractivity contribution in [2.24, 2.45) is 0 Å². The molecule has 0 aromatic heterocycles. The van der Waals surface area contributed by atoms with Crippen molar-refractivity contribution in [3.8, 4) is 0 Å². The third kappa shape index (κ3) is 3.23. The molecule has 0 bridgehead atoms. The van der Waals surface area contributed by atoms with Gasteiger partial charge in [0, 0.05) is 13.1 Å². The van der Waals surface area contributed by atoms with Crippen molar-refractivity contribution >= 4 is 11.0 Å². The Morgan fingerprint density at radius 3 is 2.27 bits per heavy atom. The molecule has 0 amide bonds. The summed E-state index contributed by atoms with van der Waals surface area (Å²) in [5, 5.41) is 0. The van der Waals surface area contributed by atoms with Crippen LogP contribution in [-0.4, -0.2) is 20.3 Å². The lowest BCUT2D eigenvalue weighted by Crippen LogP contribution is -2.36. The average molecular weight is 333 g/mol. The highest BCUT2D eigenvalue weighted by atomic mass is 32.2. The molecule has 2 nitrogen and oxygen atoms in total. The van der Waals surface area contributed by atoms with E-state index in [0.29, 0.717) is 6.42 Å². The van der Waals surface area contributed by atoms with Gasteiger partial charge in [0.25, 0.3) is 0 Å². The van der Waals surface area contributed by atoms with Gasteiger partial charge in [0.2, 0.25) is 0 Å². The summed E-state index contributed by atoms with van der Waals surface area (Å²) < 4.78 is 52.5. The summed E-state index contributed by atoms with van der Waals surface area (Å²) in [5.74, 6) is 0.0294. The molecule has 2 rings (SSSR count). The van der Waals surface area contributed by atoms with E-state index in [4.69, 9.17) is 0 Å². The summed E-state index contributed by atoms with van der Waals surface area (Å²) in [6.07, 6.45) is -3.64. The standard InChI is InChI=1S/C16H22F3NOS/c1-10-8-14(20(5)22(21)15(2,3)4)12-7-6-11(9-13(10)12)16(17,18)19/h6-7,9-10,14H,8H2,1-5H3/t10-,14-,22-/m1/s1. The fourth-order valence-electron chi connectivity index (χ4n) is 2.96. The highest BCUT2D eigenvalue weighted by molar-refractivity contribution is 7.84. The van der Waals surface area contributed by atoms with Gasteiger partial charge in [-0.05, 0) is 56.4 Å². The predicted octanol–water partition coefficient (Wildman–Crippen LogP) is 4.65. The van der Waals surface area contributed by atoms with Crippen LogP contribution in [0.25, 0.3) is 0 Å². The Morgan fingerprint density at radius 2 is 1.77 bits per heavy atom. The quantitative estimate of drug-likeness (QED) is 0.771. The van der Waals surface area contributed by atoms with Crippen molar-refractivity contribution in [3.63, 3.8) is 0 Å². The summed E-state index contributed by atoms with van der Waals surface area (Å²) >= 11 is 0. The predicted molar refractivity (Wildman–Crippen MR) is 82.9 cm³/mol. The maximum atomic E-state index is 12.9. The van der Waals surface area contributed by atoms with E-state index in [-0.39, 0.29) is 12.0 Å². The van der Waals surface area contributed by atoms with Crippen LogP contribution >= 0.6 is 0 Å². The molecule has 1 aromatic rings. The first-order chi connectivity index (χ1) is 9.93. The maximum absolute atomic E-state index is 12.9. The lowest BCUT2D eigenvalue weighted by molar-refractivity contribution is -0.137. The van der Waals surface area contributed by atoms with Gasteiger partial charge in [0.15, 0.2) is 0 Å². The number of hydrogen-bond acceptors (Lipinski definition) is 1. The fourth-order valence-corrected chi connectivity index (χ4v) is 4.26. The topological polar surface area (TPSA) is 20.3 Å². The number of hydrogen-bond donors (Lipinski definition) is 0. The molecule has 0 N–H and O–H groups in total. The van der Waals surface area contributed by atoms with Crippen molar-refractivity contribution in [2.75, 3.05) is 7.05 Å². The number of rotatable bonds is 2. The van der Waals surface area contributed by atoms with E-state index in [2.05, 4.69) is 0 Å².